The number of hydrogen-bond acceptors (Lipinski definition) is 3. The molecule has 1 aliphatic carbocycles. The van der Waals surface area contributed by atoms with Crippen molar-refractivity contribution in [1.29, 1.82) is 5.26 Å². The van der Waals surface area contributed by atoms with E-state index in [0.717, 1.165) is 25.7 Å². The average molecular weight is 247 g/mol. The highest BCUT2D eigenvalue weighted by Gasteiger charge is 2.29. The summed E-state index contributed by atoms with van der Waals surface area (Å²) in [5, 5.41) is 8.85. The van der Waals surface area contributed by atoms with Gasteiger partial charge in [0.05, 0.1) is 0 Å². The van der Waals surface area contributed by atoms with Crippen molar-refractivity contribution in [1.82, 2.24) is 9.55 Å². The smallest absolute Gasteiger partial charge is 0.296 e. The highest BCUT2D eigenvalue weighted by Crippen LogP contribution is 2.40. The van der Waals surface area contributed by atoms with Gasteiger partial charge in [-0.15, -0.1) is 0 Å². The second-order valence-electron chi connectivity index (χ2n) is 5.74. The molecule has 0 radical (unpaired) electrons. The maximum atomic E-state index is 11.8. The molecule has 0 saturated heterocycles. The fourth-order valence-corrected chi connectivity index (χ4v) is 2.73. The second kappa shape index (κ2) is 4.45. The summed E-state index contributed by atoms with van der Waals surface area (Å²) in [6.45, 7) is 4.36. The predicted octanol–water partition coefficient (Wildman–Crippen LogP) is 1.55. The summed E-state index contributed by atoms with van der Waals surface area (Å²) in [5.74, 6) is 0. The first-order valence-corrected chi connectivity index (χ1v) is 6.18. The summed E-state index contributed by atoms with van der Waals surface area (Å²) in [5.41, 5.74) is -0.820. The van der Waals surface area contributed by atoms with Crippen LogP contribution in [0.5, 0.6) is 0 Å². The molecule has 5 nitrogen and oxygen atoms in total. The van der Waals surface area contributed by atoms with Crippen LogP contribution in [-0.2, 0) is 0 Å². The lowest BCUT2D eigenvalue weighted by molar-refractivity contribution is 0.179. The zero-order valence-electron chi connectivity index (χ0n) is 10.7. The maximum absolute atomic E-state index is 11.8. The Bertz CT molecular complexity index is 604. The normalized spacial score (nSPS) is 22.4. The first-order valence-electron chi connectivity index (χ1n) is 6.18. The van der Waals surface area contributed by atoms with E-state index in [1.807, 2.05) is 6.07 Å². The fourth-order valence-electron chi connectivity index (χ4n) is 2.73. The second-order valence-corrected chi connectivity index (χ2v) is 5.74. The van der Waals surface area contributed by atoms with Gasteiger partial charge in [0.2, 0.25) is 0 Å². The van der Waals surface area contributed by atoms with Crippen molar-refractivity contribution in [3.05, 3.63) is 32.6 Å². The molecule has 1 heterocycles. The summed E-state index contributed by atoms with van der Waals surface area (Å²) in [6.07, 6.45) is 5.41. The summed E-state index contributed by atoms with van der Waals surface area (Å²) in [4.78, 5) is 25.4. The number of hydrogen-bond donors (Lipinski definition) is 1. The third kappa shape index (κ3) is 2.37. The summed E-state index contributed by atoms with van der Waals surface area (Å²) in [6, 6.07) is 1.89. The molecule has 0 aromatic carbocycles. The molecule has 1 atom stereocenters. The third-order valence-corrected chi connectivity index (χ3v) is 3.66. The minimum absolute atomic E-state index is 0.00187. The Hall–Kier alpha value is -1.83. The molecule has 1 aliphatic rings. The molecular formula is C13H17N3O2. The van der Waals surface area contributed by atoms with Crippen LogP contribution < -0.4 is 11.2 Å². The van der Waals surface area contributed by atoms with E-state index in [2.05, 4.69) is 18.8 Å². The zero-order valence-corrected chi connectivity index (χ0v) is 10.7. The van der Waals surface area contributed by atoms with Crippen LogP contribution in [0.4, 0.5) is 0 Å². The van der Waals surface area contributed by atoms with Crippen molar-refractivity contribution < 1.29 is 0 Å². The van der Waals surface area contributed by atoms with Crippen molar-refractivity contribution in [2.45, 2.75) is 45.6 Å². The van der Waals surface area contributed by atoms with E-state index in [9.17, 15) is 9.59 Å². The topological polar surface area (TPSA) is 78.7 Å². The Balaban J connectivity index is 2.43. The SMILES string of the molecule is CC1(C)CCCC(n2cc(C#N)c(=O)[nH]c2=O)C1. The molecule has 5 heteroatoms. The molecule has 96 valence electrons. The molecular weight excluding hydrogens is 230 g/mol. The Morgan fingerprint density at radius 1 is 1.50 bits per heavy atom. The van der Waals surface area contributed by atoms with Gasteiger partial charge in [0.1, 0.15) is 11.6 Å². The number of nitrogens with one attached hydrogen (secondary N) is 1. The van der Waals surface area contributed by atoms with Gasteiger partial charge in [-0.2, -0.15) is 5.26 Å². The van der Waals surface area contributed by atoms with Crippen LogP contribution in [-0.4, -0.2) is 9.55 Å². The van der Waals surface area contributed by atoms with E-state index in [-0.39, 0.29) is 17.0 Å². The summed E-state index contributed by atoms with van der Waals surface area (Å²) >= 11 is 0. The standard InChI is InChI=1S/C13H17N3O2/c1-13(2)5-3-4-10(6-13)16-8-9(7-14)11(17)15-12(16)18/h8,10H,3-6H2,1-2H3,(H,15,17,18). The van der Waals surface area contributed by atoms with Gasteiger partial charge in [-0.05, 0) is 24.7 Å². The molecule has 1 N–H and O–H groups in total. The first-order chi connectivity index (χ1) is 8.43. The molecule has 0 bridgehead atoms. The zero-order chi connectivity index (χ0) is 13.3. The van der Waals surface area contributed by atoms with Crippen molar-refractivity contribution in [3.63, 3.8) is 0 Å². The number of aromatic nitrogens is 2. The van der Waals surface area contributed by atoms with Gasteiger partial charge < -0.3 is 0 Å². The molecule has 0 amide bonds. The Morgan fingerprint density at radius 3 is 2.83 bits per heavy atom. The number of nitriles is 1. The highest BCUT2D eigenvalue weighted by atomic mass is 16.2. The monoisotopic (exact) mass is 247 g/mol. The van der Waals surface area contributed by atoms with Gasteiger partial charge in [-0.3, -0.25) is 14.3 Å². The Kier molecular flexibility index (Phi) is 3.12. The van der Waals surface area contributed by atoms with E-state index in [1.54, 1.807) is 0 Å². The van der Waals surface area contributed by atoms with E-state index < -0.39 is 11.2 Å². The molecule has 2 rings (SSSR count). The van der Waals surface area contributed by atoms with E-state index in [0.29, 0.717) is 0 Å². The minimum atomic E-state index is -0.603. The van der Waals surface area contributed by atoms with Gasteiger partial charge in [-0.1, -0.05) is 20.3 Å². The highest BCUT2D eigenvalue weighted by molar-refractivity contribution is 5.22. The molecule has 1 aromatic rings. The number of aromatic amines is 1. The summed E-state index contributed by atoms with van der Waals surface area (Å²) in [7, 11) is 0. The van der Waals surface area contributed by atoms with Crippen LogP contribution in [0.25, 0.3) is 0 Å². The largest absolute Gasteiger partial charge is 0.328 e. The van der Waals surface area contributed by atoms with Crippen LogP contribution in [0.2, 0.25) is 0 Å². The molecule has 1 unspecified atom stereocenters. The lowest BCUT2D eigenvalue weighted by atomic mass is 9.75. The molecule has 1 saturated carbocycles. The van der Waals surface area contributed by atoms with Crippen LogP contribution >= 0.6 is 0 Å². The van der Waals surface area contributed by atoms with Crippen molar-refractivity contribution in [3.8, 4) is 6.07 Å². The van der Waals surface area contributed by atoms with Crippen LogP contribution in [0.1, 0.15) is 51.1 Å². The van der Waals surface area contributed by atoms with Crippen LogP contribution in [0.3, 0.4) is 0 Å². The van der Waals surface area contributed by atoms with Gasteiger partial charge in [0.15, 0.2) is 0 Å². The minimum Gasteiger partial charge on any atom is -0.296 e. The van der Waals surface area contributed by atoms with Crippen molar-refractivity contribution >= 4 is 0 Å². The predicted molar refractivity (Wildman–Crippen MR) is 67.3 cm³/mol. The van der Waals surface area contributed by atoms with Crippen molar-refractivity contribution in [2.75, 3.05) is 0 Å². The molecule has 1 aromatic heterocycles. The molecule has 1 fully saturated rings. The molecule has 0 aliphatic heterocycles. The van der Waals surface area contributed by atoms with Gasteiger partial charge in [-0.25, -0.2) is 4.79 Å². The number of nitrogens with zero attached hydrogens (tertiary/aromatic N) is 2. The van der Waals surface area contributed by atoms with E-state index >= 15 is 0 Å². The molecule has 0 spiro atoms. The quantitative estimate of drug-likeness (QED) is 0.817. The lowest BCUT2D eigenvalue weighted by Crippen LogP contribution is -2.36. The van der Waals surface area contributed by atoms with Crippen LogP contribution in [0.15, 0.2) is 15.8 Å². The summed E-state index contributed by atoms with van der Waals surface area (Å²) < 4.78 is 1.51. The first kappa shape index (κ1) is 12.6. The fraction of sp³-hybridized carbons (Fsp3) is 0.615. The maximum Gasteiger partial charge on any atom is 0.328 e. The van der Waals surface area contributed by atoms with E-state index in [1.165, 1.54) is 10.8 Å². The van der Waals surface area contributed by atoms with E-state index in [4.69, 9.17) is 5.26 Å². The number of H-pyrrole nitrogens is 1. The Morgan fingerprint density at radius 2 is 2.22 bits per heavy atom. The van der Waals surface area contributed by atoms with Crippen molar-refractivity contribution in [2.24, 2.45) is 5.41 Å². The van der Waals surface area contributed by atoms with Gasteiger partial charge >= 0.3 is 5.69 Å². The molecule has 18 heavy (non-hydrogen) atoms. The average Bonchev–Trinajstić information content (AvgIpc) is 2.27. The van der Waals surface area contributed by atoms with Gasteiger partial charge in [0.25, 0.3) is 5.56 Å². The Labute approximate surface area is 105 Å². The number of rotatable bonds is 1. The lowest BCUT2D eigenvalue weighted by Gasteiger charge is -2.35. The van der Waals surface area contributed by atoms with Crippen LogP contribution in [0, 0.1) is 16.7 Å². The third-order valence-electron chi connectivity index (χ3n) is 3.66. The van der Waals surface area contributed by atoms with Gasteiger partial charge in [0, 0.05) is 12.2 Å².